The third-order valence-corrected chi connectivity index (χ3v) is 5.97. The lowest BCUT2D eigenvalue weighted by molar-refractivity contribution is 0.414. The average molecular weight is 415 g/mol. The number of benzene rings is 3. The standard InChI is InChI=1S/C28H21N3O/c1-32-22-17-15-21(16-18-22)31-28-23-13-7-8-14-24(23)29-26(19-11-5-6-12-19)25(28)27(30-31)20-9-3-2-4-10-20/h2-19H,1H3. The summed E-state index contributed by atoms with van der Waals surface area (Å²) in [6.45, 7) is 0. The highest BCUT2D eigenvalue weighted by atomic mass is 16.5. The molecule has 0 fully saturated rings. The molecule has 0 N–H and O–H groups in total. The Bertz CT molecular complexity index is 1480. The number of aromatic nitrogens is 3. The number of hydrogen-bond acceptors (Lipinski definition) is 3. The van der Waals surface area contributed by atoms with Crippen molar-refractivity contribution in [3.63, 3.8) is 0 Å². The minimum Gasteiger partial charge on any atom is -0.497 e. The molecule has 0 atom stereocenters. The van der Waals surface area contributed by atoms with Crippen molar-refractivity contribution < 1.29 is 4.74 Å². The SMILES string of the molecule is COc1ccc(-n2nc(-c3ccccc3)c3c(C4C=CC=C4)nc4ccccc4c32)cc1. The second-order valence-corrected chi connectivity index (χ2v) is 7.86. The van der Waals surface area contributed by atoms with Crippen LogP contribution in [0.4, 0.5) is 0 Å². The molecule has 0 spiro atoms. The number of hydrogen-bond donors (Lipinski definition) is 0. The number of nitrogens with zero attached hydrogens (tertiary/aromatic N) is 3. The molecule has 0 saturated carbocycles. The maximum atomic E-state index is 5.37. The molecule has 0 radical (unpaired) electrons. The fourth-order valence-corrected chi connectivity index (χ4v) is 4.43. The minimum absolute atomic E-state index is 0.123. The third kappa shape index (κ3) is 2.92. The molecular weight excluding hydrogens is 394 g/mol. The topological polar surface area (TPSA) is 39.9 Å². The molecule has 5 aromatic rings. The van der Waals surface area contributed by atoms with Gasteiger partial charge in [0, 0.05) is 16.9 Å². The first kappa shape index (κ1) is 18.6. The predicted octanol–water partition coefficient (Wildman–Crippen LogP) is 6.46. The third-order valence-electron chi connectivity index (χ3n) is 5.97. The van der Waals surface area contributed by atoms with E-state index in [2.05, 4.69) is 66.8 Å². The Labute approximate surface area is 186 Å². The molecule has 3 aromatic carbocycles. The average Bonchev–Trinajstić information content (AvgIpc) is 3.53. The normalized spacial score (nSPS) is 13.4. The van der Waals surface area contributed by atoms with E-state index >= 15 is 0 Å². The zero-order chi connectivity index (χ0) is 21.5. The van der Waals surface area contributed by atoms with Crippen LogP contribution >= 0.6 is 0 Å². The van der Waals surface area contributed by atoms with Crippen LogP contribution in [0.2, 0.25) is 0 Å². The highest BCUT2D eigenvalue weighted by Gasteiger charge is 2.24. The van der Waals surface area contributed by atoms with Crippen LogP contribution in [0.1, 0.15) is 11.6 Å². The van der Waals surface area contributed by atoms with Crippen LogP contribution in [-0.4, -0.2) is 21.9 Å². The number of fused-ring (bicyclic) bond motifs is 3. The number of rotatable bonds is 4. The van der Waals surface area contributed by atoms with Crippen molar-refractivity contribution in [3.05, 3.63) is 109 Å². The summed E-state index contributed by atoms with van der Waals surface area (Å²) in [5, 5.41) is 7.33. The number of para-hydroxylation sites is 1. The molecule has 0 aliphatic heterocycles. The monoisotopic (exact) mass is 415 g/mol. The fraction of sp³-hybridized carbons (Fsp3) is 0.0714. The molecule has 6 rings (SSSR count). The van der Waals surface area contributed by atoms with E-state index in [0.29, 0.717) is 0 Å². The van der Waals surface area contributed by atoms with Gasteiger partial charge in [-0.3, -0.25) is 4.98 Å². The van der Waals surface area contributed by atoms with Crippen molar-refractivity contribution in [2.24, 2.45) is 0 Å². The van der Waals surface area contributed by atoms with E-state index in [-0.39, 0.29) is 5.92 Å². The van der Waals surface area contributed by atoms with Gasteiger partial charge in [0.2, 0.25) is 0 Å². The van der Waals surface area contributed by atoms with Gasteiger partial charge in [-0.15, -0.1) is 0 Å². The molecule has 1 aliphatic carbocycles. The van der Waals surface area contributed by atoms with Crippen LogP contribution in [0.5, 0.6) is 5.75 Å². The van der Waals surface area contributed by atoms with Crippen molar-refractivity contribution in [1.29, 1.82) is 0 Å². The zero-order valence-corrected chi connectivity index (χ0v) is 17.6. The van der Waals surface area contributed by atoms with Gasteiger partial charge in [0.25, 0.3) is 0 Å². The smallest absolute Gasteiger partial charge is 0.119 e. The van der Waals surface area contributed by atoms with Crippen molar-refractivity contribution in [1.82, 2.24) is 14.8 Å². The first-order valence-corrected chi connectivity index (χ1v) is 10.7. The lowest BCUT2D eigenvalue weighted by atomic mass is 9.97. The predicted molar refractivity (Wildman–Crippen MR) is 129 cm³/mol. The Morgan fingerprint density at radius 3 is 2.28 bits per heavy atom. The highest BCUT2D eigenvalue weighted by molar-refractivity contribution is 6.10. The van der Waals surface area contributed by atoms with Crippen LogP contribution in [-0.2, 0) is 0 Å². The second kappa shape index (κ2) is 7.50. The molecule has 0 amide bonds. The van der Waals surface area contributed by atoms with E-state index < -0.39 is 0 Å². The summed E-state index contributed by atoms with van der Waals surface area (Å²) in [5.74, 6) is 0.944. The molecule has 154 valence electrons. The summed E-state index contributed by atoms with van der Waals surface area (Å²) in [6.07, 6.45) is 8.55. The van der Waals surface area contributed by atoms with Crippen LogP contribution in [0.3, 0.4) is 0 Å². The first-order valence-electron chi connectivity index (χ1n) is 10.7. The van der Waals surface area contributed by atoms with E-state index in [0.717, 1.165) is 50.2 Å². The summed E-state index contributed by atoms with van der Waals surface area (Å²) in [4.78, 5) is 5.13. The Morgan fingerprint density at radius 2 is 1.53 bits per heavy atom. The summed E-state index contributed by atoms with van der Waals surface area (Å²) < 4.78 is 7.42. The van der Waals surface area contributed by atoms with Gasteiger partial charge in [-0.25, -0.2) is 4.68 Å². The van der Waals surface area contributed by atoms with Gasteiger partial charge in [0.15, 0.2) is 0 Å². The van der Waals surface area contributed by atoms with Crippen molar-refractivity contribution in [3.8, 4) is 22.7 Å². The molecular formula is C28H21N3O. The highest BCUT2D eigenvalue weighted by Crippen LogP contribution is 2.39. The Morgan fingerprint density at radius 1 is 0.812 bits per heavy atom. The summed E-state index contributed by atoms with van der Waals surface area (Å²) in [7, 11) is 1.68. The molecule has 4 heteroatoms. The molecule has 0 bridgehead atoms. The van der Waals surface area contributed by atoms with Crippen LogP contribution in [0.15, 0.2) is 103 Å². The number of methoxy groups -OCH3 is 1. The molecule has 0 saturated heterocycles. The molecule has 2 aromatic heterocycles. The Balaban J connectivity index is 1.76. The summed E-state index contributed by atoms with van der Waals surface area (Å²) >= 11 is 0. The molecule has 0 unspecified atom stereocenters. The van der Waals surface area contributed by atoms with Crippen LogP contribution in [0.25, 0.3) is 38.8 Å². The maximum Gasteiger partial charge on any atom is 0.119 e. The van der Waals surface area contributed by atoms with Gasteiger partial charge < -0.3 is 4.74 Å². The van der Waals surface area contributed by atoms with Crippen LogP contribution < -0.4 is 4.74 Å². The number of allylic oxidation sites excluding steroid dienone is 4. The van der Waals surface area contributed by atoms with Gasteiger partial charge in [0.1, 0.15) is 11.4 Å². The Kier molecular flexibility index (Phi) is 4.36. The lowest BCUT2D eigenvalue weighted by Crippen LogP contribution is -2.00. The summed E-state index contributed by atoms with van der Waals surface area (Å²) in [5.41, 5.74) is 6.08. The van der Waals surface area contributed by atoms with Gasteiger partial charge in [-0.2, -0.15) is 5.10 Å². The van der Waals surface area contributed by atoms with Crippen molar-refractivity contribution >= 4 is 21.8 Å². The van der Waals surface area contributed by atoms with E-state index in [1.807, 2.05) is 41.1 Å². The number of ether oxygens (including phenoxy) is 1. The van der Waals surface area contributed by atoms with Gasteiger partial charge in [-0.05, 0) is 30.3 Å². The van der Waals surface area contributed by atoms with E-state index in [1.54, 1.807) is 7.11 Å². The maximum absolute atomic E-state index is 5.37. The van der Waals surface area contributed by atoms with Crippen molar-refractivity contribution in [2.75, 3.05) is 7.11 Å². The lowest BCUT2D eigenvalue weighted by Gasteiger charge is -2.12. The molecule has 32 heavy (non-hydrogen) atoms. The van der Waals surface area contributed by atoms with Crippen LogP contribution in [0, 0.1) is 0 Å². The zero-order valence-electron chi connectivity index (χ0n) is 17.6. The largest absolute Gasteiger partial charge is 0.497 e. The molecule has 4 nitrogen and oxygen atoms in total. The molecule has 2 heterocycles. The van der Waals surface area contributed by atoms with E-state index in [1.165, 1.54) is 0 Å². The minimum atomic E-state index is 0.123. The first-order chi connectivity index (χ1) is 15.8. The summed E-state index contributed by atoms with van der Waals surface area (Å²) in [6, 6.07) is 26.7. The fourth-order valence-electron chi connectivity index (χ4n) is 4.43. The van der Waals surface area contributed by atoms with E-state index in [9.17, 15) is 0 Å². The second-order valence-electron chi connectivity index (χ2n) is 7.86. The van der Waals surface area contributed by atoms with Crippen molar-refractivity contribution in [2.45, 2.75) is 5.92 Å². The molecule has 1 aliphatic rings. The quantitative estimate of drug-likeness (QED) is 0.338. The van der Waals surface area contributed by atoms with Gasteiger partial charge in [-0.1, -0.05) is 72.8 Å². The van der Waals surface area contributed by atoms with Gasteiger partial charge in [0.05, 0.1) is 34.9 Å². The van der Waals surface area contributed by atoms with Gasteiger partial charge >= 0.3 is 0 Å². The number of pyridine rings is 1. The Hall–Kier alpha value is -4.18. The van der Waals surface area contributed by atoms with E-state index in [4.69, 9.17) is 14.8 Å².